The monoisotopic (exact) mass is 485 g/mol. The summed E-state index contributed by atoms with van der Waals surface area (Å²) in [5, 5.41) is 6.75. The van der Waals surface area contributed by atoms with Crippen molar-refractivity contribution in [3.63, 3.8) is 0 Å². The van der Waals surface area contributed by atoms with Gasteiger partial charge in [-0.05, 0) is 54.1 Å². The molecule has 0 heterocycles. The van der Waals surface area contributed by atoms with Crippen molar-refractivity contribution >= 4 is 52.9 Å². The number of carbonyl (C=O) groups excluding carboxylic acids is 3. The molecule has 0 radical (unpaired) electrons. The zero-order valence-corrected chi connectivity index (χ0v) is 18.7. The number of rotatable bonds is 6. The van der Waals surface area contributed by atoms with Crippen LogP contribution >= 0.6 is 23.2 Å². The van der Waals surface area contributed by atoms with E-state index in [2.05, 4.69) is 15.8 Å². The van der Waals surface area contributed by atoms with Gasteiger partial charge in [0.2, 0.25) is 0 Å². The van der Waals surface area contributed by atoms with Crippen LogP contribution < -0.4 is 20.2 Å². The smallest absolute Gasteiger partial charge is 0.343 e. The molecule has 3 aromatic carbocycles. The van der Waals surface area contributed by atoms with E-state index in [0.29, 0.717) is 16.3 Å². The van der Waals surface area contributed by atoms with Crippen LogP contribution in [0, 0.1) is 0 Å². The van der Waals surface area contributed by atoms with E-state index in [0.717, 1.165) is 0 Å². The van der Waals surface area contributed by atoms with Crippen molar-refractivity contribution in [2.24, 2.45) is 5.10 Å². The lowest BCUT2D eigenvalue weighted by Crippen LogP contribution is -2.32. The van der Waals surface area contributed by atoms with Gasteiger partial charge >= 0.3 is 17.8 Å². The fourth-order valence-electron chi connectivity index (χ4n) is 2.56. The maximum atomic E-state index is 12.4. The van der Waals surface area contributed by atoms with Crippen LogP contribution in [0.3, 0.4) is 0 Å². The summed E-state index contributed by atoms with van der Waals surface area (Å²) in [5.74, 6) is -2.03. The summed E-state index contributed by atoms with van der Waals surface area (Å²) in [5.41, 5.74) is 3.35. The summed E-state index contributed by atoms with van der Waals surface area (Å²) in [6.07, 6.45) is 1.31. The first kappa shape index (κ1) is 23.8. The summed E-state index contributed by atoms with van der Waals surface area (Å²) in [6.45, 7) is 0. The Morgan fingerprint density at radius 3 is 2.33 bits per heavy atom. The number of hydrogen-bond donors (Lipinski definition) is 2. The molecule has 33 heavy (non-hydrogen) atoms. The molecule has 10 heteroatoms. The van der Waals surface area contributed by atoms with E-state index in [1.165, 1.54) is 43.7 Å². The van der Waals surface area contributed by atoms with Gasteiger partial charge < -0.3 is 14.8 Å². The van der Waals surface area contributed by atoms with E-state index in [-0.39, 0.29) is 22.1 Å². The second kappa shape index (κ2) is 11.1. The minimum Gasteiger partial charge on any atom is -0.493 e. The van der Waals surface area contributed by atoms with Crippen molar-refractivity contribution in [2.75, 3.05) is 12.4 Å². The Balaban J connectivity index is 1.62. The first-order valence-corrected chi connectivity index (χ1v) is 10.2. The van der Waals surface area contributed by atoms with Crippen molar-refractivity contribution in [2.45, 2.75) is 0 Å². The third-order valence-electron chi connectivity index (χ3n) is 4.16. The normalized spacial score (nSPS) is 10.5. The largest absolute Gasteiger partial charge is 0.493 e. The third kappa shape index (κ3) is 6.55. The first-order valence-electron chi connectivity index (χ1n) is 9.42. The van der Waals surface area contributed by atoms with Gasteiger partial charge in [-0.2, -0.15) is 5.10 Å². The zero-order valence-electron chi connectivity index (χ0n) is 17.2. The van der Waals surface area contributed by atoms with Crippen molar-refractivity contribution in [1.29, 1.82) is 0 Å². The van der Waals surface area contributed by atoms with Gasteiger partial charge in [0.05, 0.1) is 28.9 Å². The summed E-state index contributed by atoms with van der Waals surface area (Å²) < 4.78 is 10.6. The van der Waals surface area contributed by atoms with Crippen LogP contribution in [0.15, 0.2) is 71.8 Å². The first-order chi connectivity index (χ1) is 15.9. The molecular formula is C23H17Cl2N3O5. The lowest BCUT2D eigenvalue weighted by molar-refractivity contribution is -0.136. The SMILES string of the molecule is COc1cc(/C=N/NC(=O)C(=O)Nc2ccccc2)ccc1OC(=O)c1ccc(Cl)c(Cl)c1. The average Bonchev–Trinajstić information content (AvgIpc) is 2.82. The topological polar surface area (TPSA) is 106 Å². The fraction of sp³-hybridized carbons (Fsp3) is 0.0435. The number of amides is 2. The van der Waals surface area contributed by atoms with E-state index in [4.69, 9.17) is 32.7 Å². The van der Waals surface area contributed by atoms with E-state index in [9.17, 15) is 14.4 Å². The molecule has 0 aliphatic rings. The standard InChI is InChI=1S/C23H17Cl2N3O5/c1-32-20-11-14(13-26-28-22(30)21(29)27-16-5-3-2-4-6-16)7-10-19(20)33-23(31)15-8-9-17(24)18(25)12-15/h2-13H,1H3,(H,27,29)(H,28,30)/b26-13+. The number of hydrogen-bond acceptors (Lipinski definition) is 6. The van der Waals surface area contributed by atoms with Crippen LogP contribution in [0.25, 0.3) is 0 Å². The fourth-order valence-corrected chi connectivity index (χ4v) is 2.85. The molecule has 0 aliphatic heterocycles. The van der Waals surface area contributed by atoms with Crippen LogP contribution in [-0.4, -0.2) is 31.1 Å². The van der Waals surface area contributed by atoms with E-state index >= 15 is 0 Å². The highest BCUT2D eigenvalue weighted by Crippen LogP contribution is 2.29. The quantitative estimate of drug-likeness (QED) is 0.178. The molecule has 0 bridgehead atoms. The molecular weight excluding hydrogens is 469 g/mol. The second-order valence-corrected chi connectivity index (χ2v) is 7.26. The molecule has 0 saturated carbocycles. The van der Waals surface area contributed by atoms with Gasteiger partial charge in [-0.15, -0.1) is 0 Å². The van der Waals surface area contributed by atoms with Crippen molar-refractivity contribution in [3.05, 3.63) is 87.9 Å². The van der Waals surface area contributed by atoms with Gasteiger partial charge in [-0.25, -0.2) is 10.2 Å². The van der Waals surface area contributed by atoms with Gasteiger partial charge in [0.15, 0.2) is 11.5 Å². The van der Waals surface area contributed by atoms with Crippen LogP contribution in [0.2, 0.25) is 10.0 Å². The number of para-hydroxylation sites is 1. The molecule has 0 saturated heterocycles. The maximum Gasteiger partial charge on any atom is 0.343 e. The lowest BCUT2D eigenvalue weighted by Gasteiger charge is -2.10. The highest BCUT2D eigenvalue weighted by molar-refractivity contribution is 6.42. The number of hydrazone groups is 1. The zero-order chi connectivity index (χ0) is 23.8. The molecule has 168 valence electrons. The lowest BCUT2D eigenvalue weighted by atomic mass is 10.2. The number of nitrogens with zero attached hydrogens (tertiary/aromatic N) is 1. The Kier molecular flexibility index (Phi) is 8.01. The number of ether oxygens (including phenoxy) is 2. The number of nitrogens with one attached hydrogen (secondary N) is 2. The maximum absolute atomic E-state index is 12.4. The highest BCUT2D eigenvalue weighted by atomic mass is 35.5. The van der Waals surface area contributed by atoms with Gasteiger partial charge in [-0.1, -0.05) is 41.4 Å². The number of esters is 1. The second-order valence-electron chi connectivity index (χ2n) is 6.45. The Hall–Kier alpha value is -3.88. The number of anilines is 1. The summed E-state index contributed by atoms with van der Waals surface area (Å²) in [6, 6.07) is 17.5. The minimum atomic E-state index is -0.936. The van der Waals surface area contributed by atoms with Crippen molar-refractivity contribution in [1.82, 2.24) is 5.43 Å². The molecule has 8 nitrogen and oxygen atoms in total. The van der Waals surface area contributed by atoms with Gasteiger partial charge in [0, 0.05) is 5.69 Å². The molecule has 0 atom stereocenters. The van der Waals surface area contributed by atoms with Crippen LogP contribution in [0.5, 0.6) is 11.5 Å². The highest BCUT2D eigenvalue weighted by Gasteiger charge is 2.15. The van der Waals surface area contributed by atoms with Crippen LogP contribution in [0.4, 0.5) is 5.69 Å². The van der Waals surface area contributed by atoms with Crippen LogP contribution in [0.1, 0.15) is 15.9 Å². The van der Waals surface area contributed by atoms with Gasteiger partial charge in [0.1, 0.15) is 0 Å². The third-order valence-corrected chi connectivity index (χ3v) is 4.90. The van der Waals surface area contributed by atoms with Crippen molar-refractivity contribution < 1.29 is 23.9 Å². The van der Waals surface area contributed by atoms with E-state index in [1.54, 1.807) is 36.4 Å². The minimum absolute atomic E-state index is 0.164. The molecule has 2 amide bonds. The molecule has 0 aliphatic carbocycles. The summed E-state index contributed by atoms with van der Waals surface area (Å²) in [4.78, 5) is 36.1. The Labute approximate surface area is 199 Å². The molecule has 0 spiro atoms. The molecule has 3 rings (SSSR count). The molecule has 2 N–H and O–H groups in total. The number of carbonyl (C=O) groups is 3. The Bertz CT molecular complexity index is 1220. The molecule has 0 fully saturated rings. The van der Waals surface area contributed by atoms with Crippen molar-refractivity contribution in [3.8, 4) is 11.5 Å². The van der Waals surface area contributed by atoms with Gasteiger partial charge in [0.25, 0.3) is 0 Å². The molecule has 3 aromatic rings. The summed E-state index contributed by atoms with van der Waals surface area (Å²) in [7, 11) is 1.41. The number of halogens is 2. The summed E-state index contributed by atoms with van der Waals surface area (Å²) >= 11 is 11.8. The Morgan fingerprint density at radius 2 is 1.64 bits per heavy atom. The number of methoxy groups -OCH3 is 1. The number of benzene rings is 3. The van der Waals surface area contributed by atoms with Gasteiger partial charge in [-0.3, -0.25) is 9.59 Å². The molecule has 0 aromatic heterocycles. The van der Waals surface area contributed by atoms with Crippen LogP contribution in [-0.2, 0) is 9.59 Å². The Morgan fingerprint density at radius 1 is 0.879 bits per heavy atom. The molecule has 0 unspecified atom stereocenters. The van der Waals surface area contributed by atoms with E-state index < -0.39 is 17.8 Å². The predicted octanol–water partition coefficient (Wildman–Crippen LogP) is 4.31. The average molecular weight is 486 g/mol. The van der Waals surface area contributed by atoms with E-state index in [1.807, 2.05) is 0 Å². The predicted molar refractivity (Wildman–Crippen MR) is 125 cm³/mol.